The Morgan fingerprint density at radius 3 is 2.67 bits per heavy atom. The maximum absolute atomic E-state index is 6.16. The van der Waals surface area contributed by atoms with E-state index in [9.17, 15) is 0 Å². The fraction of sp³-hybridized carbons (Fsp3) is 0.684. The van der Waals surface area contributed by atoms with Crippen molar-refractivity contribution in [2.75, 3.05) is 19.8 Å². The van der Waals surface area contributed by atoms with Gasteiger partial charge in [0.2, 0.25) is 0 Å². The van der Waals surface area contributed by atoms with Crippen molar-refractivity contribution in [3.05, 3.63) is 29.8 Å². The molecule has 2 saturated heterocycles. The Morgan fingerprint density at radius 2 is 2.00 bits per heavy atom. The summed E-state index contributed by atoms with van der Waals surface area (Å²) in [5, 5.41) is 0. The monoisotopic (exact) mass is 354 g/mol. The second-order valence-corrected chi connectivity index (χ2v) is 6.98. The summed E-state index contributed by atoms with van der Waals surface area (Å²) in [4.78, 5) is 2.54. The van der Waals surface area contributed by atoms with E-state index in [2.05, 4.69) is 36.1 Å². The van der Waals surface area contributed by atoms with Crippen LogP contribution >= 0.6 is 12.4 Å². The van der Waals surface area contributed by atoms with E-state index in [1.807, 2.05) is 0 Å². The van der Waals surface area contributed by atoms with Crippen LogP contribution in [0.1, 0.15) is 44.6 Å². The van der Waals surface area contributed by atoms with Crippen molar-refractivity contribution in [1.82, 2.24) is 4.90 Å². The number of likely N-dealkylation sites (tertiary alicyclic amines) is 1. The van der Waals surface area contributed by atoms with E-state index < -0.39 is 0 Å². The Balaban J connectivity index is 0.00000208. The quantitative estimate of drug-likeness (QED) is 0.850. The van der Waals surface area contributed by atoms with Gasteiger partial charge in [-0.05, 0) is 56.8 Å². The summed E-state index contributed by atoms with van der Waals surface area (Å²) in [7, 11) is 0. The van der Waals surface area contributed by atoms with Crippen molar-refractivity contribution in [3.63, 3.8) is 0 Å². The molecule has 3 unspecified atom stereocenters. The van der Waals surface area contributed by atoms with Gasteiger partial charge in [0.15, 0.2) is 0 Å². The zero-order valence-corrected chi connectivity index (χ0v) is 15.5. The number of hydrogen-bond acceptors (Lipinski definition) is 4. The van der Waals surface area contributed by atoms with Crippen LogP contribution in [-0.4, -0.2) is 42.8 Å². The van der Waals surface area contributed by atoms with Gasteiger partial charge in [-0.25, -0.2) is 0 Å². The van der Waals surface area contributed by atoms with Crippen molar-refractivity contribution in [2.45, 2.75) is 63.8 Å². The SMILES string of the molecule is CC(N)C1CCCCN1Cc1ccc(OCC2CCCO2)cc1.Cl. The molecule has 24 heavy (non-hydrogen) atoms. The molecule has 2 aliphatic heterocycles. The Kier molecular flexibility index (Phi) is 7.82. The summed E-state index contributed by atoms with van der Waals surface area (Å²) in [5.41, 5.74) is 7.50. The van der Waals surface area contributed by atoms with Gasteiger partial charge in [-0.2, -0.15) is 0 Å². The second kappa shape index (κ2) is 9.62. The Morgan fingerprint density at radius 1 is 1.21 bits per heavy atom. The number of rotatable bonds is 6. The highest BCUT2D eigenvalue weighted by molar-refractivity contribution is 5.85. The van der Waals surface area contributed by atoms with E-state index in [0.717, 1.165) is 38.3 Å². The first-order chi connectivity index (χ1) is 11.2. The molecular formula is C19H31ClN2O2. The molecule has 2 heterocycles. The van der Waals surface area contributed by atoms with E-state index >= 15 is 0 Å². The first kappa shape index (κ1) is 19.5. The lowest BCUT2D eigenvalue weighted by atomic mass is 9.96. The molecule has 1 aromatic carbocycles. The molecule has 136 valence electrons. The number of nitrogens with two attached hydrogens (primary N) is 1. The molecule has 0 spiro atoms. The van der Waals surface area contributed by atoms with Crippen LogP contribution in [0, 0.1) is 0 Å². The lowest BCUT2D eigenvalue weighted by Gasteiger charge is -2.38. The minimum absolute atomic E-state index is 0. The lowest BCUT2D eigenvalue weighted by Crippen LogP contribution is -2.48. The number of ether oxygens (including phenoxy) is 2. The van der Waals surface area contributed by atoms with Gasteiger partial charge < -0.3 is 15.2 Å². The standard InChI is InChI=1S/C19H30N2O2.ClH/c1-15(20)19-6-2-3-11-21(19)13-16-7-9-17(10-8-16)23-14-18-5-4-12-22-18;/h7-10,15,18-19H,2-6,11-14,20H2,1H3;1H. The van der Waals surface area contributed by atoms with Crippen molar-refractivity contribution in [2.24, 2.45) is 5.73 Å². The predicted molar refractivity (Wildman–Crippen MR) is 99.9 cm³/mol. The molecule has 4 nitrogen and oxygen atoms in total. The molecule has 0 aromatic heterocycles. The molecule has 2 fully saturated rings. The molecule has 0 saturated carbocycles. The van der Waals surface area contributed by atoms with Crippen molar-refractivity contribution in [3.8, 4) is 5.75 Å². The Labute approximate surface area is 152 Å². The van der Waals surface area contributed by atoms with Crippen LogP contribution in [0.4, 0.5) is 0 Å². The third-order valence-electron chi connectivity index (χ3n) is 5.04. The fourth-order valence-corrected chi connectivity index (χ4v) is 3.70. The highest BCUT2D eigenvalue weighted by atomic mass is 35.5. The average Bonchev–Trinajstić information content (AvgIpc) is 3.08. The molecule has 2 N–H and O–H groups in total. The smallest absolute Gasteiger partial charge is 0.119 e. The van der Waals surface area contributed by atoms with Crippen LogP contribution in [0.15, 0.2) is 24.3 Å². The summed E-state index contributed by atoms with van der Waals surface area (Å²) in [6.07, 6.45) is 6.36. The van der Waals surface area contributed by atoms with Crippen LogP contribution in [0.5, 0.6) is 5.75 Å². The molecule has 2 aliphatic rings. The Hall–Kier alpha value is -0.810. The summed E-state index contributed by atoms with van der Waals surface area (Å²) in [5.74, 6) is 0.937. The molecular weight excluding hydrogens is 324 g/mol. The van der Waals surface area contributed by atoms with Gasteiger partial charge in [0.1, 0.15) is 12.4 Å². The first-order valence-electron chi connectivity index (χ1n) is 9.05. The van der Waals surface area contributed by atoms with E-state index in [4.69, 9.17) is 15.2 Å². The maximum Gasteiger partial charge on any atom is 0.119 e. The topological polar surface area (TPSA) is 47.7 Å². The summed E-state index contributed by atoms with van der Waals surface area (Å²) >= 11 is 0. The third kappa shape index (κ3) is 5.35. The zero-order valence-electron chi connectivity index (χ0n) is 14.7. The van der Waals surface area contributed by atoms with E-state index in [0.29, 0.717) is 12.6 Å². The van der Waals surface area contributed by atoms with Crippen LogP contribution < -0.4 is 10.5 Å². The maximum atomic E-state index is 6.16. The summed E-state index contributed by atoms with van der Waals surface area (Å²) < 4.78 is 11.4. The van der Waals surface area contributed by atoms with Gasteiger partial charge in [-0.3, -0.25) is 4.90 Å². The normalized spacial score (nSPS) is 25.9. The van der Waals surface area contributed by atoms with Crippen molar-refractivity contribution >= 4 is 12.4 Å². The molecule has 0 amide bonds. The number of benzene rings is 1. The largest absolute Gasteiger partial charge is 0.491 e. The summed E-state index contributed by atoms with van der Waals surface area (Å²) in [6, 6.07) is 9.27. The van der Waals surface area contributed by atoms with Gasteiger partial charge in [-0.1, -0.05) is 18.6 Å². The van der Waals surface area contributed by atoms with Crippen LogP contribution in [0.25, 0.3) is 0 Å². The van der Waals surface area contributed by atoms with Crippen LogP contribution in [-0.2, 0) is 11.3 Å². The van der Waals surface area contributed by atoms with Gasteiger partial charge >= 0.3 is 0 Å². The number of nitrogens with zero attached hydrogens (tertiary/aromatic N) is 1. The van der Waals surface area contributed by atoms with Crippen LogP contribution in [0.3, 0.4) is 0 Å². The van der Waals surface area contributed by atoms with Crippen molar-refractivity contribution in [1.29, 1.82) is 0 Å². The molecule has 3 atom stereocenters. The highest BCUT2D eigenvalue weighted by Gasteiger charge is 2.25. The molecule has 1 aromatic rings. The van der Waals surface area contributed by atoms with Gasteiger partial charge in [0.25, 0.3) is 0 Å². The number of hydrogen-bond donors (Lipinski definition) is 1. The minimum Gasteiger partial charge on any atom is -0.491 e. The zero-order chi connectivity index (χ0) is 16.1. The first-order valence-corrected chi connectivity index (χ1v) is 9.05. The average molecular weight is 355 g/mol. The minimum atomic E-state index is 0. The van der Waals surface area contributed by atoms with E-state index in [-0.39, 0.29) is 24.6 Å². The van der Waals surface area contributed by atoms with Gasteiger partial charge in [0, 0.05) is 25.2 Å². The predicted octanol–water partition coefficient (Wildman–Crippen LogP) is 3.37. The molecule has 0 radical (unpaired) electrons. The van der Waals surface area contributed by atoms with E-state index in [1.165, 1.54) is 24.8 Å². The van der Waals surface area contributed by atoms with Gasteiger partial charge in [-0.15, -0.1) is 12.4 Å². The van der Waals surface area contributed by atoms with Crippen molar-refractivity contribution < 1.29 is 9.47 Å². The second-order valence-electron chi connectivity index (χ2n) is 6.98. The molecule has 5 heteroatoms. The fourth-order valence-electron chi connectivity index (χ4n) is 3.70. The summed E-state index contributed by atoms with van der Waals surface area (Å²) in [6.45, 7) is 5.81. The van der Waals surface area contributed by atoms with Gasteiger partial charge in [0.05, 0.1) is 6.10 Å². The third-order valence-corrected chi connectivity index (χ3v) is 5.04. The molecule has 0 aliphatic carbocycles. The Bertz CT molecular complexity index is 475. The molecule has 3 rings (SSSR count). The lowest BCUT2D eigenvalue weighted by molar-refractivity contribution is 0.0679. The van der Waals surface area contributed by atoms with Crippen LogP contribution in [0.2, 0.25) is 0 Å². The molecule has 0 bridgehead atoms. The number of piperidine rings is 1. The van der Waals surface area contributed by atoms with E-state index in [1.54, 1.807) is 0 Å². The highest BCUT2D eigenvalue weighted by Crippen LogP contribution is 2.23. The number of halogens is 1.